The number of aromatic nitrogens is 3. The molecular formula is C13H18N4S. The second kappa shape index (κ2) is 5.10. The summed E-state index contributed by atoms with van der Waals surface area (Å²) in [6, 6.07) is 0. The van der Waals surface area contributed by atoms with Gasteiger partial charge in [0.25, 0.3) is 0 Å². The Morgan fingerprint density at radius 2 is 2.22 bits per heavy atom. The van der Waals surface area contributed by atoms with Crippen molar-refractivity contribution in [3.63, 3.8) is 0 Å². The lowest BCUT2D eigenvalue weighted by atomic mass is 10.0. The lowest BCUT2D eigenvalue weighted by Gasteiger charge is -2.13. The Morgan fingerprint density at radius 3 is 3.11 bits per heavy atom. The maximum atomic E-state index is 4.53. The molecule has 3 rings (SSSR count). The number of thiazole rings is 1. The summed E-state index contributed by atoms with van der Waals surface area (Å²) < 4.78 is 2.29. The molecule has 96 valence electrons. The normalized spacial score (nSPS) is 14.5. The van der Waals surface area contributed by atoms with Crippen molar-refractivity contribution in [2.24, 2.45) is 0 Å². The van der Waals surface area contributed by atoms with Gasteiger partial charge in [0, 0.05) is 23.3 Å². The molecule has 0 amide bonds. The molecule has 18 heavy (non-hydrogen) atoms. The zero-order valence-corrected chi connectivity index (χ0v) is 11.5. The summed E-state index contributed by atoms with van der Waals surface area (Å²) in [7, 11) is 0. The van der Waals surface area contributed by atoms with Crippen molar-refractivity contribution in [1.82, 2.24) is 14.5 Å². The van der Waals surface area contributed by atoms with Crippen LogP contribution in [0.25, 0.3) is 0 Å². The summed E-state index contributed by atoms with van der Waals surface area (Å²) in [4.78, 5) is 10.2. The first-order valence-corrected chi connectivity index (χ1v) is 7.40. The Morgan fingerprint density at radius 1 is 1.33 bits per heavy atom. The van der Waals surface area contributed by atoms with E-state index in [-0.39, 0.29) is 0 Å². The largest absolute Gasteiger partial charge is 0.362 e. The number of fused-ring (bicyclic) bond motifs is 1. The molecule has 0 spiro atoms. The van der Waals surface area contributed by atoms with E-state index in [0.29, 0.717) is 0 Å². The van der Waals surface area contributed by atoms with Gasteiger partial charge in [0.2, 0.25) is 0 Å². The molecule has 0 radical (unpaired) electrons. The average molecular weight is 262 g/mol. The second-order valence-corrected chi connectivity index (χ2v) is 5.75. The first-order valence-electron chi connectivity index (χ1n) is 6.58. The summed E-state index contributed by atoms with van der Waals surface area (Å²) in [6.45, 7) is 3.92. The number of anilines is 1. The molecule has 0 fully saturated rings. The van der Waals surface area contributed by atoms with E-state index in [2.05, 4.69) is 26.8 Å². The number of rotatable bonds is 4. The Bertz CT molecular complexity index is 529. The standard InChI is InChI=1S/C13H18N4S/c1-2-14-13-15-7-10(18-13)8-17-9-16-11-5-3-4-6-12(11)17/h7,9H,2-6,8H2,1H3,(H,14,15). The van der Waals surface area contributed by atoms with Crippen LogP contribution in [0.1, 0.15) is 36.0 Å². The van der Waals surface area contributed by atoms with Crippen LogP contribution >= 0.6 is 11.3 Å². The Kier molecular flexibility index (Phi) is 3.32. The second-order valence-electron chi connectivity index (χ2n) is 4.64. The van der Waals surface area contributed by atoms with Gasteiger partial charge >= 0.3 is 0 Å². The van der Waals surface area contributed by atoms with Crippen LogP contribution in [0.5, 0.6) is 0 Å². The molecule has 2 heterocycles. The van der Waals surface area contributed by atoms with Gasteiger partial charge in [-0.3, -0.25) is 0 Å². The van der Waals surface area contributed by atoms with Crippen molar-refractivity contribution in [3.05, 3.63) is 28.8 Å². The minimum absolute atomic E-state index is 0.908. The van der Waals surface area contributed by atoms with Crippen LogP contribution in [0.15, 0.2) is 12.5 Å². The third kappa shape index (κ3) is 2.27. The third-order valence-electron chi connectivity index (χ3n) is 3.32. The van der Waals surface area contributed by atoms with Gasteiger partial charge in [-0.1, -0.05) is 0 Å². The van der Waals surface area contributed by atoms with Gasteiger partial charge in [0.15, 0.2) is 5.13 Å². The number of imidazole rings is 1. The van der Waals surface area contributed by atoms with Crippen molar-refractivity contribution in [2.45, 2.75) is 39.2 Å². The molecule has 1 aliphatic carbocycles. The Hall–Kier alpha value is -1.36. The van der Waals surface area contributed by atoms with E-state index in [4.69, 9.17) is 0 Å². The van der Waals surface area contributed by atoms with E-state index in [0.717, 1.165) is 24.6 Å². The highest BCUT2D eigenvalue weighted by Gasteiger charge is 2.15. The van der Waals surface area contributed by atoms with Crippen LogP contribution in [0.4, 0.5) is 5.13 Å². The summed E-state index contributed by atoms with van der Waals surface area (Å²) in [5, 5.41) is 4.27. The number of hydrogen-bond donors (Lipinski definition) is 1. The van der Waals surface area contributed by atoms with Crippen LogP contribution in [0, 0.1) is 0 Å². The van der Waals surface area contributed by atoms with Crippen LogP contribution in [0.2, 0.25) is 0 Å². The molecule has 4 nitrogen and oxygen atoms in total. The molecule has 0 saturated heterocycles. The SMILES string of the molecule is CCNc1ncc(Cn2cnc3c2CCCC3)s1. The van der Waals surface area contributed by atoms with Gasteiger partial charge in [-0.05, 0) is 32.6 Å². The Balaban J connectivity index is 1.77. The van der Waals surface area contributed by atoms with E-state index in [1.54, 1.807) is 11.3 Å². The molecule has 1 N–H and O–H groups in total. The fraction of sp³-hybridized carbons (Fsp3) is 0.538. The van der Waals surface area contributed by atoms with Crippen molar-refractivity contribution in [2.75, 3.05) is 11.9 Å². The molecule has 0 aromatic carbocycles. The predicted molar refractivity (Wildman–Crippen MR) is 74.2 cm³/mol. The predicted octanol–water partition coefficient (Wildman–Crippen LogP) is 2.70. The highest BCUT2D eigenvalue weighted by atomic mass is 32.1. The van der Waals surface area contributed by atoms with Gasteiger partial charge in [0.1, 0.15) is 0 Å². The fourth-order valence-corrected chi connectivity index (χ4v) is 3.33. The lowest BCUT2D eigenvalue weighted by Crippen LogP contribution is -2.08. The van der Waals surface area contributed by atoms with Crippen LogP contribution in [-0.4, -0.2) is 21.1 Å². The maximum Gasteiger partial charge on any atom is 0.182 e. The topological polar surface area (TPSA) is 42.7 Å². The minimum atomic E-state index is 0.908. The zero-order valence-electron chi connectivity index (χ0n) is 10.6. The Labute approximate surface area is 111 Å². The van der Waals surface area contributed by atoms with Crippen LogP contribution in [0.3, 0.4) is 0 Å². The minimum Gasteiger partial charge on any atom is -0.362 e. The van der Waals surface area contributed by atoms with E-state index in [1.165, 1.54) is 35.5 Å². The van der Waals surface area contributed by atoms with E-state index in [1.807, 2.05) is 12.5 Å². The van der Waals surface area contributed by atoms with E-state index >= 15 is 0 Å². The number of nitrogens with one attached hydrogen (secondary N) is 1. The van der Waals surface area contributed by atoms with Crippen LogP contribution < -0.4 is 5.32 Å². The summed E-state index contributed by atoms with van der Waals surface area (Å²) >= 11 is 1.74. The summed E-state index contributed by atoms with van der Waals surface area (Å²) in [5.74, 6) is 0. The van der Waals surface area contributed by atoms with Gasteiger partial charge in [-0.25, -0.2) is 9.97 Å². The molecule has 5 heteroatoms. The van der Waals surface area contributed by atoms with Gasteiger partial charge in [-0.15, -0.1) is 11.3 Å². The molecule has 0 saturated carbocycles. The average Bonchev–Trinajstić information content (AvgIpc) is 2.99. The first-order chi connectivity index (χ1) is 8.86. The molecule has 2 aromatic heterocycles. The monoisotopic (exact) mass is 262 g/mol. The molecule has 1 aliphatic rings. The fourth-order valence-electron chi connectivity index (χ4n) is 2.45. The zero-order chi connectivity index (χ0) is 12.4. The summed E-state index contributed by atoms with van der Waals surface area (Å²) in [6.07, 6.45) is 8.86. The van der Waals surface area contributed by atoms with Crippen molar-refractivity contribution in [1.29, 1.82) is 0 Å². The van der Waals surface area contributed by atoms with Crippen LogP contribution in [-0.2, 0) is 19.4 Å². The van der Waals surface area contributed by atoms with Gasteiger partial charge in [0.05, 0.1) is 18.6 Å². The molecule has 0 aliphatic heterocycles. The number of aryl methyl sites for hydroxylation is 1. The number of nitrogens with zero attached hydrogens (tertiary/aromatic N) is 3. The third-order valence-corrected chi connectivity index (χ3v) is 4.26. The quantitative estimate of drug-likeness (QED) is 0.921. The summed E-state index contributed by atoms with van der Waals surface area (Å²) in [5.41, 5.74) is 2.73. The molecule has 2 aromatic rings. The number of hydrogen-bond acceptors (Lipinski definition) is 4. The highest BCUT2D eigenvalue weighted by molar-refractivity contribution is 7.15. The van der Waals surface area contributed by atoms with E-state index < -0.39 is 0 Å². The first kappa shape index (κ1) is 11.7. The smallest absolute Gasteiger partial charge is 0.182 e. The molecular weight excluding hydrogens is 244 g/mol. The maximum absolute atomic E-state index is 4.53. The van der Waals surface area contributed by atoms with Crippen molar-refractivity contribution in [3.8, 4) is 0 Å². The molecule has 0 bridgehead atoms. The van der Waals surface area contributed by atoms with E-state index in [9.17, 15) is 0 Å². The lowest BCUT2D eigenvalue weighted by molar-refractivity contribution is 0.630. The highest BCUT2D eigenvalue weighted by Crippen LogP contribution is 2.23. The van der Waals surface area contributed by atoms with Gasteiger partial charge in [-0.2, -0.15) is 0 Å². The van der Waals surface area contributed by atoms with Crippen molar-refractivity contribution < 1.29 is 0 Å². The van der Waals surface area contributed by atoms with Gasteiger partial charge < -0.3 is 9.88 Å². The molecule has 0 unspecified atom stereocenters. The molecule has 0 atom stereocenters. The van der Waals surface area contributed by atoms with Crippen molar-refractivity contribution >= 4 is 16.5 Å².